The van der Waals surface area contributed by atoms with Gasteiger partial charge in [-0.1, -0.05) is 29.8 Å². The topological polar surface area (TPSA) is 62.5 Å². The van der Waals surface area contributed by atoms with Gasteiger partial charge in [0.2, 0.25) is 0 Å². The fourth-order valence-corrected chi connectivity index (χ4v) is 3.62. The van der Waals surface area contributed by atoms with Gasteiger partial charge in [0.1, 0.15) is 16.7 Å². The van der Waals surface area contributed by atoms with Crippen molar-refractivity contribution in [2.75, 3.05) is 6.54 Å². The van der Waals surface area contributed by atoms with Crippen molar-refractivity contribution in [3.8, 4) is 0 Å². The number of amides is 1. The van der Waals surface area contributed by atoms with Crippen molar-refractivity contribution in [1.82, 2.24) is 5.32 Å². The van der Waals surface area contributed by atoms with Crippen LogP contribution >= 0.6 is 22.9 Å². The van der Waals surface area contributed by atoms with Crippen LogP contribution in [0.1, 0.15) is 28.0 Å². The van der Waals surface area contributed by atoms with Crippen molar-refractivity contribution in [3.63, 3.8) is 0 Å². The molecule has 2 aromatic heterocycles. The predicted octanol–water partition coefficient (Wildman–Crippen LogP) is 4.00. The monoisotopic (exact) mass is 335 g/mol. The smallest absolute Gasteiger partial charge is 0.262 e. The van der Waals surface area contributed by atoms with Crippen LogP contribution in [0.3, 0.4) is 0 Å². The maximum atomic E-state index is 12.2. The summed E-state index contributed by atoms with van der Waals surface area (Å²) in [5.74, 6) is 0.270. The maximum absolute atomic E-state index is 12.2. The van der Waals surface area contributed by atoms with E-state index in [-0.39, 0.29) is 5.91 Å². The van der Waals surface area contributed by atoms with Gasteiger partial charge in [-0.05, 0) is 24.6 Å². The van der Waals surface area contributed by atoms with E-state index < -0.39 is 6.10 Å². The number of benzene rings is 1. The molecule has 0 spiro atoms. The molecule has 2 N–H and O–H groups in total. The second-order valence-electron chi connectivity index (χ2n) is 4.82. The van der Waals surface area contributed by atoms with Gasteiger partial charge >= 0.3 is 0 Å². The van der Waals surface area contributed by atoms with E-state index in [0.29, 0.717) is 28.6 Å². The minimum absolute atomic E-state index is 0.224. The number of carbonyl (C=O) groups is 1. The maximum Gasteiger partial charge on any atom is 0.262 e. The van der Waals surface area contributed by atoms with Crippen molar-refractivity contribution in [2.45, 2.75) is 12.5 Å². The third-order valence-corrected chi connectivity index (χ3v) is 4.99. The Morgan fingerprint density at radius 1 is 1.32 bits per heavy atom. The molecule has 0 unspecified atom stereocenters. The first-order valence-corrected chi connectivity index (χ1v) is 8.03. The third kappa shape index (κ3) is 3.02. The molecular weight excluding hydrogens is 322 g/mol. The predicted molar refractivity (Wildman–Crippen MR) is 87.5 cm³/mol. The number of halogens is 1. The second-order valence-corrected chi connectivity index (χ2v) is 6.25. The highest BCUT2D eigenvalue weighted by Crippen LogP contribution is 2.34. The summed E-state index contributed by atoms with van der Waals surface area (Å²) in [7, 11) is 0. The largest absolute Gasteiger partial charge is 0.467 e. The van der Waals surface area contributed by atoms with E-state index in [1.807, 2.05) is 24.3 Å². The lowest BCUT2D eigenvalue weighted by Gasteiger charge is -2.08. The van der Waals surface area contributed by atoms with Crippen LogP contribution in [0.5, 0.6) is 0 Å². The Morgan fingerprint density at radius 2 is 2.14 bits per heavy atom. The van der Waals surface area contributed by atoms with Crippen LogP contribution in [0, 0.1) is 0 Å². The number of carbonyl (C=O) groups excluding carboxylic acids is 1. The van der Waals surface area contributed by atoms with Gasteiger partial charge in [-0.15, -0.1) is 11.3 Å². The van der Waals surface area contributed by atoms with Crippen molar-refractivity contribution < 1.29 is 14.3 Å². The Bertz CT molecular complexity index is 782. The Balaban J connectivity index is 1.63. The zero-order valence-electron chi connectivity index (χ0n) is 11.6. The normalized spacial score (nSPS) is 12.5. The molecule has 0 aliphatic carbocycles. The molecular formula is C16H14ClNO3S. The number of aliphatic hydroxyl groups excluding tert-OH is 1. The zero-order chi connectivity index (χ0) is 15.5. The van der Waals surface area contributed by atoms with Crippen molar-refractivity contribution in [2.24, 2.45) is 0 Å². The van der Waals surface area contributed by atoms with Crippen LogP contribution in [-0.2, 0) is 0 Å². The van der Waals surface area contributed by atoms with Crippen LogP contribution in [0.25, 0.3) is 10.1 Å². The molecule has 3 aromatic rings. The van der Waals surface area contributed by atoms with E-state index in [2.05, 4.69) is 5.32 Å². The Hall–Kier alpha value is -1.82. The molecule has 0 aliphatic rings. The lowest BCUT2D eigenvalue weighted by Crippen LogP contribution is -2.25. The number of nitrogens with one attached hydrogen (secondary N) is 1. The first kappa shape index (κ1) is 15.1. The quantitative estimate of drug-likeness (QED) is 0.740. The van der Waals surface area contributed by atoms with Crippen molar-refractivity contribution in [1.29, 1.82) is 0 Å². The van der Waals surface area contributed by atoms with Crippen molar-refractivity contribution >= 4 is 38.9 Å². The van der Waals surface area contributed by atoms with Gasteiger partial charge in [0.25, 0.3) is 5.91 Å². The number of thiophene rings is 1. The highest BCUT2D eigenvalue weighted by molar-refractivity contribution is 7.21. The van der Waals surface area contributed by atoms with Crippen LogP contribution < -0.4 is 5.32 Å². The van der Waals surface area contributed by atoms with Crippen LogP contribution in [0.2, 0.25) is 5.02 Å². The average Bonchev–Trinajstić information content (AvgIpc) is 3.16. The number of rotatable bonds is 5. The Kier molecular flexibility index (Phi) is 4.47. The van der Waals surface area contributed by atoms with E-state index in [0.717, 1.165) is 10.1 Å². The highest BCUT2D eigenvalue weighted by Gasteiger charge is 2.17. The van der Waals surface area contributed by atoms with Gasteiger partial charge in [-0.2, -0.15) is 0 Å². The standard InChI is InChI=1S/C16H14ClNO3S/c17-14-10-4-1-2-6-13(10)22-15(14)16(20)18-8-7-11(19)12-5-3-9-21-12/h1-6,9,11,19H,7-8H2,(H,18,20)/t11-/m0/s1. The minimum Gasteiger partial charge on any atom is -0.467 e. The summed E-state index contributed by atoms with van der Waals surface area (Å²) in [5, 5.41) is 14.0. The van der Waals surface area contributed by atoms with Gasteiger partial charge in [0.15, 0.2) is 0 Å². The van der Waals surface area contributed by atoms with Crippen LogP contribution in [0.15, 0.2) is 47.1 Å². The highest BCUT2D eigenvalue weighted by atomic mass is 35.5. The van der Waals surface area contributed by atoms with E-state index in [9.17, 15) is 9.90 Å². The second kappa shape index (κ2) is 6.52. The molecule has 1 amide bonds. The summed E-state index contributed by atoms with van der Waals surface area (Å²) < 4.78 is 6.09. The molecule has 0 saturated carbocycles. The first-order chi connectivity index (χ1) is 10.7. The lowest BCUT2D eigenvalue weighted by atomic mass is 10.2. The van der Waals surface area contributed by atoms with Crippen LogP contribution in [0.4, 0.5) is 0 Å². The van der Waals surface area contributed by atoms with Gasteiger partial charge < -0.3 is 14.8 Å². The summed E-state index contributed by atoms with van der Waals surface area (Å²) in [6.45, 7) is 0.339. The van der Waals surface area contributed by atoms with Gasteiger partial charge in [-0.3, -0.25) is 4.79 Å². The molecule has 0 bridgehead atoms. The summed E-state index contributed by atoms with van der Waals surface area (Å²) in [4.78, 5) is 12.7. The van der Waals surface area contributed by atoms with E-state index in [1.165, 1.54) is 17.6 Å². The molecule has 2 heterocycles. The Labute approximate surface area is 136 Å². The summed E-state index contributed by atoms with van der Waals surface area (Å²) in [5.41, 5.74) is 0. The van der Waals surface area contributed by atoms with Gasteiger partial charge in [0, 0.05) is 16.6 Å². The molecule has 1 aromatic carbocycles. The van der Waals surface area contributed by atoms with Gasteiger partial charge in [-0.25, -0.2) is 0 Å². The van der Waals surface area contributed by atoms with Crippen LogP contribution in [-0.4, -0.2) is 17.6 Å². The first-order valence-electron chi connectivity index (χ1n) is 6.83. The molecule has 6 heteroatoms. The molecule has 114 valence electrons. The number of aliphatic hydroxyl groups is 1. The molecule has 3 rings (SSSR count). The molecule has 0 aliphatic heterocycles. The van der Waals surface area contributed by atoms with Gasteiger partial charge in [0.05, 0.1) is 11.3 Å². The number of furan rings is 1. The SMILES string of the molecule is O=C(NCC[C@H](O)c1ccco1)c1sc2ccccc2c1Cl. The number of fused-ring (bicyclic) bond motifs is 1. The van der Waals surface area contributed by atoms with Crippen molar-refractivity contribution in [3.05, 3.63) is 58.3 Å². The fraction of sp³-hybridized carbons (Fsp3) is 0.188. The number of hydrogen-bond donors (Lipinski definition) is 2. The fourth-order valence-electron chi connectivity index (χ4n) is 2.19. The zero-order valence-corrected chi connectivity index (χ0v) is 13.2. The minimum atomic E-state index is -0.729. The Morgan fingerprint density at radius 3 is 2.86 bits per heavy atom. The van der Waals surface area contributed by atoms with E-state index in [1.54, 1.807) is 12.1 Å². The molecule has 0 fully saturated rings. The van der Waals surface area contributed by atoms with E-state index >= 15 is 0 Å². The summed E-state index contributed by atoms with van der Waals surface area (Å²) in [6, 6.07) is 11.1. The third-order valence-electron chi connectivity index (χ3n) is 3.32. The molecule has 4 nitrogen and oxygen atoms in total. The average molecular weight is 336 g/mol. The summed E-state index contributed by atoms with van der Waals surface area (Å²) in [6.07, 6.45) is 1.16. The molecule has 0 saturated heterocycles. The molecule has 1 atom stereocenters. The van der Waals surface area contributed by atoms with E-state index in [4.69, 9.17) is 16.0 Å². The lowest BCUT2D eigenvalue weighted by molar-refractivity contribution is 0.0940. The summed E-state index contributed by atoms with van der Waals surface area (Å²) >= 11 is 7.62. The molecule has 0 radical (unpaired) electrons. The number of hydrogen-bond acceptors (Lipinski definition) is 4. The molecule has 22 heavy (non-hydrogen) atoms.